The number of pyridine rings is 2. The SMILES string of the molecule is Cc1cc(C(C)(C)C)[n+](CCCc2nnc(-[n+]3c(C(C)(C)C)cc(C)cc3C(C)(C)C)s2)c(C(C)(C)C)c1.[O-][Cl+3]([O-])([O-])[O-].[O-][Cl+3]([O-])([O-])[O-]. The van der Waals surface area contributed by atoms with Crippen molar-refractivity contribution in [2.24, 2.45) is 0 Å². The summed E-state index contributed by atoms with van der Waals surface area (Å²) in [6, 6.07) is 9.36. The molecular formula is C33H52Cl2N4O8S. The third kappa shape index (κ3) is 15.3. The number of hydrogen-bond acceptors (Lipinski definition) is 11. The van der Waals surface area contributed by atoms with Gasteiger partial charge in [-0.05, 0) is 53.5 Å². The minimum absolute atomic E-state index is 0.00729. The predicted octanol–water partition coefficient (Wildman–Crippen LogP) is -1.97. The lowest BCUT2D eigenvalue weighted by molar-refractivity contribution is -2.00. The first kappa shape index (κ1) is 44.1. The summed E-state index contributed by atoms with van der Waals surface area (Å²) >= 11 is 1.74. The fourth-order valence-electron chi connectivity index (χ4n) is 5.11. The summed E-state index contributed by atoms with van der Waals surface area (Å²) in [4.78, 5) is 0. The minimum Gasteiger partial charge on any atom is -0.222 e. The topological polar surface area (TPSA) is 218 Å². The van der Waals surface area contributed by atoms with E-state index in [0.717, 1.165) is 29.5 Å². The monoisotopic (exact) mass is 734 g/mol. The highest BCUT2D eigenvalue weighted by Gasteiger charge is 2.35. The maximum atomic E-state index is 8.49. The van der Waals surface area contributed by atoms with Gasteiger partial charge >= 0.3 is 5.13 Å². The van der Waals surface area contributed by atoms with Crippen molar-refractivity contribution in [3.63, 3.8) is 0 Å². The van der Waals surface area contributed by atoms with E-state index in [1.165, 1.54) is 33.9 Å². The van der Waals surface area contributed by atoms with E-state index in [2.05, 4.69) is 135 Å². The fourth-order valence-corrected chi connectivity index (χ4v) is 6.02. The molecule has 0 aliphatic heterocycles. The number of aromatic nitrogens is 4. The van der Waals surface area contributed by atoms with Gasteiger partial charge in [-0.1, -0.05) is 83.1 Å². The Morgan fingerprint density at radius 1 is 0.562 bits per heavy atom. The molecule has 0 aromatic carbocycles. The maximum Gasteiger partial charge on any atom is 0.415 e. The molecule has 0 atom stereocenters. The lowest BCUT2D eigenvalue weighted by Gasteiger charge is -2.26. The Morgan fingerprint density at radius 2 is 0.875 bits per heavy atom. The summed E-state index contributed by atoms with van der Waals surface area (Å²) in [6.07, 6.45) is 1.96. The van der Waals surface area contributed by atoms with Crippen molar-refractivity contribution in [1.82, 2.24) is 10.2 Å². The average Bonchev–Trinajstić information content (AvgIpc) is 3.28. The molecule has 0 saturated carbocycles. The molecule has 0 unspecified atom stereocenters. The number of nitrogens with zero attached hydrogens (tertiary/aromatic N) is 4. The number of halogens is 2. The summed E-state index contributed by atoms with van der Waals surface area (Å²) in [6.45, 7) is 33.0. The highest BCUT2D eigenvalue weighted by Crippen LogP contribution is 2.29. The highest BCUT2D eigenvalue weighted by atomic mass is 35.7. The van der Waals surface area contributed by atoms with E-state index in [1.807, 2.05) is 0 Å². The van der Waals surface area contributed by atoms with Crippen molar-refractivity contribution in [2.45, 2.75) is 138 Å². The van der Waals surface area contributed by atoms with Gasteiger partial charge in [0.1, 0.15) is 22.9 Å². The molecule has 0 fully saturated rings. The molecule has 0 radical (unpaired) electrons. The van der Waals surface area contributed by atoms with Crippen molar-refractivity contribution in [2.75, 3.05) is 0 Å². The molecule has 0 aliphatic carbocycles. The molecule has 0 spiro atoms. The van der Waals surface area contributed by atoms with Crippen molar-refractivity contribution in [1.29, 1.82) is 0 Å². The molecule has 3 aromatic heterocycles. The highest BCUT2D eigenvalue weighted by molar-refractivity contribution is 7.13. The molecule has 3 aromatic rings. The second-order valence-corrected chi connectivity index (χ2v) is 18.5. The van der Waals surface area contributed by atoms with Gasteiger partial charge in [0.2, 0.25) is 0 Å². The summed E-state index contributed by atoms with van der Waals surface area (Å²) in [5.74, 6) is 0. The van der Waals surface area contributed by atoms with Crippen LogP contribution in [0.25, 0.3) is 5.13 Å². The van der Waals surface area contributed by atoms with Crippen LogP contribution in [0.5, 0.6) is 0 Å². The van der Waals surface area contributed by atoms with Crippen LogP contribution < -0.4 is 46.4 Å². The standard InChI is InChI=1S/C33H52N4S.2ClHO4/c1-22-18-24(30(3,4)5)36(25(19-22)31(6,7)8)17-15-16-28-34-35-29(38-28)37-26(32(9,10)11)20-23(2)21-27(37)33(12,13)14;2*2-1(3,4)5/h18-21H,15-17H2,1-14H3;2*(H,2,3,4,5)/q+2;;/p-2. The molecule has 3 heterocycles. The smallest absolute Gasteiger partial charge is 0.222 e. The van der Waals surface area contributed by atoms with Crippen molar-refractivity contribution >= 4 is 11.3 Å². The number of hydrogen-bond donors (Lipinski definition) is 0. The van der Waals surface area contributed by atoms with Crippen LogP contribution >= 0.6 is 11.3 Å². The Balaban J connectivity index is 0.00000100. The molecule has 0 bridgehead atoms. The van der Waals surface area contributed by atoms with Crippen LogP contribution in [0.3, 0.4) is 0 Å². The van der Waals surface area contributed by atoms with Crippen LogP contribution in [0.15, 0.2) is 24.3 Å². The molecule has 48 heavy (non-hydrogen) atoms. The normalized spacial score (nSPS) is 13.0. The van der Waals surface area contributed by atoms with Crippen LogP contribution in [0.2, 0.25) is 0 Å². The van der Waals surface area contributed by atoms with Crippen LogP contribution in [-0.2, 0) is 34.6 Å². The van der Waals surface area contributed by atoms with Gasteiger partial charge in [0.05, 0.1) is 5.10 Å². The van der Waals surface area contributed by atoms with Gasteiger partial charge < -0.3 is 0 Å². The molecule has 0 amide bonds. The average molecular weight is 736 g/mol. The molecule has 0 aliphatic rings. The Labute approximate surface area is 293 Å². The largest absolute Gasteiger partial charge is 0.415 e. The van der Waals surface area contributed by atoms with E-state index in [0.29, 0.717) is 0 Å². The quantitative estimate of drug-likeness (QED) is 0.263. The van der Waals surface area contributed by atoms with Gasteiger partial charge in [-0.2, -0.15) is 9.13 Å². The van der Waals surface area contributed by atoms with E-state index >= 15 is 0 Å². The summed E-state index contributed by atoms with van der Waals surface area (Å²) in [5, 5.41) is 11.5. The predicted molar refractivity (Wildman–Crippen MR) is 161 cm³/mol. The van der Waals surface area contributed by atoms with E-state index in [9.17, 15) is 0 Å². The van der Waals surface area contributed by atoms with Gasteiger partial charge in [0.25, 0.3) is 0 Å². The second kappa shape index (κ2) is 16.0. The van der Waals surface area contributed by atoms with E-state index < -0.39 is 20.5 Å². The number of aryl methyl sites for hydroxylation is 3. The molecule has 15 heteroatoms. The first-order chi connectivity index (χ1) is 21.2. The van der Waals surface area contributed by atoms with Crippen LogP contribution in [0, 0.1) is 34.3 Å². The summed E-state index contributed by atoms with van der Waals surface area (Å²) in [5.41, 5.74) is 8.15. The van der Waals surface area contributed by atoms with Gasteiger partial charge in [-0.15, -0.1) is 20.5 Å². The lowest BCUT2D eigenvalue weighted by atomic mass is 9.85. The molecule has 0 saturated heterocycles. The van der Waals surface area contributed by atoms with Gasteiger partial charge in [-0.25, -0.2) is 37.3 Å². The van der Waals surface area contributed by atoms with Gasteiger partial charge in [0, 0.05) is 46.6 Å². The maximum absolute atomic E-state index is 8.49. The first-order valence-corrected chi connectivity index (χ1v) is 18.7. The van der Waals surface area contributed by atoms with E-state index in [4.69, 9.17) is 42.4 Å². The third-order valence-corrected chi connectivity index (χ3v) is 7.98. The van der Waals surface area contributed by atoms with Gasteiger partial charge in [-0.3, -0.25) is 0 Å². The molecular weight excluding hydrogens is 683 g/mol. The molecule has 3 rings (SSSR count). The number of rotatable bonds is 5. The third-order valence-electron chi connectivity index (χ3n) is 7.01. The summed E-state index contributed by atoms with van der Waals surface area (Å²) < 4.78 is 72.9. The zero-order valence-corrected chi connectivity index (χ0v) is 33.0. The van der Waals surface area contributed by atoms with Crippen molar-refractivity contribution in [3.05, 3.63) is 63.2 Å². The second-order valence-electron chi connectivity index (χ2n) is 15.9. The summed E-state index contributed by atoms with van der Waals surface area (Å²) in [7, 11) is -9.89. The Kier molecular flexibility index (Phi) is 14.7. The zero-order chi connectivity index (χ0) is 37.8. The van der Waals surface area contributed by atoms with Gasteiger partial charge in [0.15, 0.2) is 11.4 Å². The molecule has 12 nitrogen and oxygen atoms in total. The Hall–Kier alpha value is -1.88. The van der Waals surface area contributed by atoms with E-state index in [1.54, 1.807) is 11.3 Å². The van der Waals surface area contributed by atoms with Crippen LogP contribution in [0.4, 0.5) is 0 Å². The minimum atomic E-state index is -4.94. The Bertz CT molecular complexity index is 1410. The molecule has 0 N–H and O–H groups in total. The Morgan fingerprint density at radius 3 is 1.19 bits per heavy atom. The van der Waals surface area contributed by atoms with Crippen molar-refractivity contribution in [3.8, 4) is 5.13 Å². The zero-order valence-electron chi connectivity index (χ0n) is 30.6. The molecule has 272 valence electrons. The van der Waals surface area contributed by atoms with Crippen LogP contribution in [0.1, 0.15) is 128 Å². The van der Waals surface area contributed by atoms with Crippen molar-refractivity contribution < 1.29 is 66.9 Å². The first-order valence-electron chi connectivity index (χ1n) is 15.4. The van der Waals surface area contributed by atoms with Crippen LogP contribution in [-0.4, -0.2) is 10.2 Å². The lowest BCUT2D eigenvalue weighted by Crippen LogP contribution is -2.68. The fraction of sp³-hybridized carbons (Fsp3) is 0.636. The van der Waals surface area contributed by atoms with E-state index in [-0.39, 0.29) is 21.7 Å².